The van der Waals surface area contributed by atoms with Crippen LogP contribution in [0, 0.1) is 19.8 Å². The van der Waals surface area contributed by atoms with Gasteiger partial charge in [0.1, 0.15) is 0 Å². The minimum absolute atomic E-state index is 0.0729. The van der Waals surface area contributed by atoms with Crippen molar-refractivity contribution in [2.45, 2.75) is 53.1 Å². The molecule has 2 atom stereocenters. The smallest absolute Gasteiger partial charge is 0.253 e. The standard InChI is InChI=1S/C16H27N3O/c1-10(2)19-12(4)8-14(13(19)5)16(20)18-15-6-7-17-9-11(15)3/h8,10-11,15,17H,6-7,9H2,1-5H3,(H,18,20). The molecule has 0 aliphatic carbocycles. The fraction of sp³-hybridized carbons (Fsp3) is 0.688. The van der Waals surface area contributed by atoms with E-state index in [1.807, 2.05) is 13.0 Å². The summed E-state index contributed by atoms with van der Waals surface area (Å²) in [6, 6.07) is 2.68. The van der Waals surface area contributed by atoms with E-state index in [2.05, 4.69) is 42.9 Å². The van der Waals surface area contributed by atoms with Gasteiger partial charge >= 0.3 is 0 Å². The van der Waals surface area contributed by atoms with Crippen molar-refractivity contribution >= 4 is 5.91 Å². The summed E-state index contributed by atoms with van der Waals surface area (Å²) in [5, 5.41) is 6.57. The summed E-state index contributed by atoms with van der Waals surface area (Å²) in [6.45, 7) is 12.6. The van der Waals surface area contributed by atoms with Crippen LogP contribution in [0.1, 0.15) is 55.0 Å². The summed E-state index contributed by atoms with van der Waals surface area (Å²) in [5.74, 6) is 0.560. The highest BCUT2D eigenvalue weighted by Gasteiger charge is 2.25. The average Bonchev–Trinajstić information content (AvgIpc) is 2.67. The number of hydrogen-bond acceptors (Lipinski definition) is 2. The Balaban J connectivity index is 2.15. The van der Waals surface area contributed by atoms with Gasteiger partial charge in [0.05, 0.1) is 5.56 Å². The number of hydrogen-bond donors (Lipinski definition) is 2. The number of amides is 1. The molecule has 4 nitrogen and oxygen atoms in total. The third kappa shape index (κ3) is 2.90. The van der Waals surface area contributed by atoms with E-state index in [4.69, 9.17) is 0 Å². The third-order valence-corrected chi connectivity index (χ3v) is 4.35. The molecule has 1 aliphatic rings. The highest BCUT2D eigenvalue weighted by atomic mass is 16.1. The van der Waals surface area contributed by atoms with E-state index < -0.39 is 0 Å². The van der Waals surface area contributed by atoms with Crippen LogP contribution in [-0.4, -0.2) is 29.6 Å². The molecule has 0 bridgehead atoms. The van der Waals surface area contributed by atoms with E-state index in [1.165, 1.54) is 0 Å². The van der Waals surface area contributed by atoms with Crippen LogP contribution in [-0.2, 0) is 0 Å². The fourth-order valence-electron chi connectivity index (χ4n) is 3.28. The molecular formula is C16H27N3O. The van der Waals surface area contributed by atoms with Gasteiger partial charge in [-0.25, -0.2) is 0 Å². The van der Waals surface area contributed by atoms with E-state index in [0.29, 0.717) is 12.0 Å². The maximum absolute atomic E-state index is 12.5. The molecule has 1 saturated heterocycles. The molecule has 2 unspecified atom stereocenters. The molecule has 2 N–H and O–H groups in total. The molecule has 112 valence electrons. The second-order valence-electron chi connectivity index (χ2n) is 6.30. The molecule has 1 aromatic rings. The number of carbonyl (C=O) groups is 1. The second kappa shape index (κ2) is 6.00. The molecule has 1 amide bonds. The van der Waals surface area contributed by atoms with Gasteiger partial charge in [0, 0.05) is 23.5 Å². The van der Waals surface area contributed by atoms with Gasteiger partial charge in [-0.3, -0.25) is 4.79 Å². The maximum atomic E-state index is 12.5. The van der Waals surface area contributed by atoms with Crippen LogP contribution >= 0.6 is 0 Å². The molecule has 0 spiro atoms. The van der Waals surface area contributed by atoms with E-state index in [0.717, 1.165) is 36.5 Å². The lowest BCUT2D eigenvalue weighted by atomic mass is 9.95. The van der Waals surface area contributed by atoms with E-state index in [1.54, 1.807) is 0 Å². The number of carbonyl (C=O) groups excluding carboxylic acids is 1. The quantitative estimate of drug-likeness (QED) is 0.891. The number of aryl methyl sites for hydroxylation is 1. The van der Waals surface area contributed by atoms with Crippen molar-refractivity contribution in [3.8, 4) is 0 Å². The van der Waals surface area contributed by atoms with Crippen molar-refractivity contribution in [2.24, 2.45) is 5.92 Å². The Hall–Kier alpha value is -1.29. The van der Waals surface area contributed by atoms with E-state index in [9.17, 15) is 4.79 Å². The summed E-state index contributed by atoms with van der Waals surface area (Å²) in [7, 11) is 0. The van der Waals surface area contributed by atoms with Gasteiger partial charge in [-0.05, 0) is 59.2 Å². The van der Waals surface area contributed by atoms with E-state index in [-0.39, 0.29) is 11.9 Å². The average molecular weight is 277 g/mol. The van der Waals surface area contributed by atoms with Crippen LogP contribution in [0.15, 0.2) is 6.07 Å². The van der Waals surface area contributed by atoms with Crippen LogP contribution in [0.4, 0.5) is 0 Å². The van der Waals surface area contributed by atoms with Gasteiger partial charge in [0.25, 0.3) is 5.91 Å². The van der Waals surface area contributed by atoms with Crippen LogP contribution < -0.4 is 10.6 Å². The monoisotopic (exact) mass is 277 g/mol. The molecule has 1 fully saturated rings. The summed E-state index contributed by atoms with van der Waals surface area (Å²) < 4.78 is 2.22. The first-order valence-electron chi connectivity index (χ1n) is 7.61. The number of nitrogens with one attached hydrogen (secondary N) is 2. The first-order valence-corrected chi connectivity index (χ1v) is 7.61. The summed E-state index contributed by atoms with van der Waals surface area (Å²) in [5.41, 5.74) is 3.04. The van der Waals surface area contributed by atoms with Gasteiger partial charge in [-0.2, -0.15) is 0 Å². The van der Waals surface area contributed by atoms with Crippen molar-refractivity contribution in [3.63, 3.8) is 0 Å². The first-order chi connectivity index (χ1) is 9.41. The number of nitrogens with zero attached hydrogens (tertiary/aromatic N) is 1. The van der Waals surface area contributed by atoms with Crippen molar-refractivity contribution in [2.75, 3.05) is 13.1 Å². The Morgan fingerprint density at radius 3 is 2.70 bits per heavy atom. The molecule has 0 radical (unpaired) electrons. The zero-order valence-corrected chi connectivity index (χ0v) is 13.3. The molecular weight excluding hydrogens is 250 g/mol. The Morgan fingerprint density at radius 2 is 2.15 bits per heavy atom. The molecule has 20 heavy (non-hydrogen) atoms. The van der Waals surface area contributed by atoms with Gasteiger partial charge in [0.2, 0.25) is 0 Å². The highest BCUT2D eigenvalue weighted by Crippen LogP contribution is 2.21. The lowest BCUT2D eigenvalue weighted by Gasteiger charge is -2.30. The van der Waals surface area contributed by atoms with Crippen LogP contribution in [0.2, 0.25) is 0 Å². The zero-order chi connectivity index (χ0) is 14.9. The molecule has 1 aromatic heterocycles. The van der Waals surface area contributed by atoms with Crippen molar-refractivity contribution in [3.05, 3.63) is 23.0 Å². The van der Waals surface area contributed by atoms with Crippen LogP contribution in [0.5, 0.6) is 0 Å². The number of rotatable bonds is 3. The van der Waals surface area contributed by atoms with Gasteiger partial charge in [-0.1, -0.05) is 6.92 Å². The lowest BCUT2D eigenvalue weighted by Crippen LogP contribution is -2.48. The SMILES string of the molecule is Cc1cc(C(=O)NC2CCNCC2C)c(C)n1C(C)C. The predicted molar refractivity (Wildman–Crippen MR) is 82.2 cm³/mol. The fourth-order valence-corrected chi connectivity index (χ4v) is 3.28. The van der Waals surface area contributed by atoms with Crippen LogP contribution in [0.25, 0.3) is 0 Å². The minimum atomic E-state index is 0.0729. The van der Waals surface area contributed by atoms with Crippen LogP contribution in [0.3, 0.4) is 0 Å². The highest BCUT2D eigenvalue weighted by molar-refractivity contribution is 5.96. The molecule has 1 aliphatic heterocycles. The molecule has 2 heterocycles. The largest absolute Gasteiger partial charge is 0.349 e. The van der Waals surface area contributed by atoms with Crippen molar-refractivity contribution < 1.29 is 4.79 Å². The second-order valence-corrected chi connectivity index (χ2v) is 6.30. The summed E-state index contributed by atoms with van der Waals surface area (Å²) in [4.78, 5) is 12.5. The van der Waals surface area contributed by atoms with Crippen molar-refractivity contribution in [1.82, 2.24) is 15.2 Å². The molecule has 2 rings (SSSR count). The molecule has 0 aromatic carbocycles. The predicted octanol–water partition coefficient (Wildman–Crippen LogP) is 2.41. The summed E-state index contributed by atoms with van der Waals surface area (Å²) >= 11 is 0. The summed E-state index contributed by atoms with van der Waals surface area (Å²) in [6.07, 6.45) is 1.01. The van der Waals surface area contributed by atoms with E-state index >= 15 is 0 Å². The Morgan fingerprint density at radius 1 is 1.45 bits per heavy atom. The number of aromatic nitrogens is 1. The molecule has 0 saturated carbocycles. The van der Waals surface area contributed by atoms with Gasteiger partial charge in [-0.15, -0.1) is 0 Å². The minimum Gasteiger partial charge on any atom is -0.349 e. The number of piperidine rings is 1. The zero-order valence-electron chi connectivity index (χ0n) is 13.3. The topological polar surface area (TPSA) is 46.1 Å². The van der Waals surface area contributed by atoms with Gasteiger partial charge < -0.3 is 15.2 Å². The Labute approximate surface area is 121 Å². The third-order valence-electron chi connectivity index (χ3n) is 4.35. The normalized spacial score (nSPS) is 23.1. The van der Waals surface area contributed by atoms with Crippen molar-refractivity contribution in [1.29, 1.82) is 0 Å². The Bertz CT molecular complexity index is 490. The van der Waals surface area contributed by atoms with Gasteiger partial charge in [0.15, 0.2) is 0 Å². The Kier molecular flexibility index (Phi) is 4.53. The molecule has 4 heteroatoms. The lowest BCUT2D eigenvalue weighted by molar-refractivity contribution is 0.0913. The first kappa shape index (κ1) is 15.1. The maximum Gasteiger partial charge on any atom is 0.253 e.